The van der Waals surface area contributed by atoms with Crippen LogP contribution in [-0.4, -0.2) is 44.1 Å². The van der Waals surface area contributed by atoms with Gasteiger partial charge in [-0.05, 0) is 32.0 Å². The van der Waals surface area contributed by atoms with E-state index in [0.29, 0.717) is 17.8 Å². The lowest BCUT2D eigenvalue weighted by atomic mass is 10.2. The highest BCUT2D eigenvalue weighted by Gasteiger charge is 2.15. The molecular formula is C10H20N2O2S. The zero-order valence-electron chi connectivity index (χ0n) is 9.41. The van der Waals surface area contributed by atoms with Crippen LogP contribution in [0.25, 0.3) is 0 Å². The molecule has 0 spiro atoms. The molecule has 1 fully saturated rings. The molecule has 0 saturated carbocycles. The van der Waals surface area contributed by atoms with E-state index in [1.54, 1.807) is 7.11 Å². The van der Waals surface area contributed by atoms with E-state index in [-0.39, 0.29) is 6.04 Å². The van der Waals surface area contributed by atoms with Crippen LogP contribution >= 0.6 is 12.2 Å². The molecule has 1 heterocycles. The number of ether oxygens (including phenoxy) is 2. The third-order valence-electron chi connectivity index (χ3n) is 2.31. The van der Waals surface area contributed by atoms with Gasteiger partial charge in [-0.3, -0.25) is 0 Å². The van der Waals surface area contributed by atoms with E-state index < -0.39 is 0 Å². The van der Waals surface area contributed by atoms with E-state index in [2.05, 4.69) is 10.6 Å². The van der Waals surface area contributed by atoms with Crippen LogP contribution in [0.3, 0.4) is 0 Å². The molecule has 15 heavy (non-hydrogen) atoms. The first-order chi connectivity index (χ1) is 7.22. The van der Waals surface area contributed by atoms with Gasteiger partial charge in [0.25, 0.3) is 0 Å². The Morgan fingerprint density at radius 3 is 3.07 bits per heavy atom. The standard InChI is InChI=1S/C10H20N2O2S/c1-8(7-13-2)12-10(15)11-6-9-4-3-5-14-9/h8-9H,3-7H2,1-2H3,(H2,11,12,15)/t8-,9+/m1/s1. The van der Waals surface area contributed by atoms with Gasteiger partial charge in [-0.25, -0.2) is 0 Å². The summed E-state index contributed by atoms with van der Waals surface area (Å²) < 4.78 is 10.5. The van der Waals surface area contributed by atoms with E-state index in [1.807, 2.05) is 6.92 Å². The van der Waals surface area contributed by atoms with Gasteiger partial charge in [-0.2, -0.15) is 0 Å². The van der Waals surface area contributed by atoms with E-state index >= 15 is 0 Å². The van der Waals surface area contributed by atoms with Crippen molar-refractivity contribution in [3.05, 3.63) is 0 Å². The van der Waals surface area contributed by atoms with Gasteiger partial charge in [0.05, 0.1) is 12.7 Å². The molecule has 4 nitrogen and oxygen atoms in total. The molecule has 1 aliphatic heterocycles. The Labute approximate surface area is 96.7 Å². The van der Waals surface area contributed by atoms with Crippen molar-refractivity contribution in [2.45, 2.75) is 31.9 Å². The van der Waals surface area contributed by atoms with Gasteiger partial charge in [-0.1, -0.05) is 0 Å². The Balaban J connectivity index is 2.07. The molecule has 1 aliphatic rings. The average molecular weight is 232 g/mol. The molecule has 1 rings (SSSR count). The SMILES string of the molecule is COC[C@@H](C)NC(=S)NC[C@@H]1CCCO1. The molecule has 0 amide bonds. The molecule has 0 aromatic rings. The smallest absolute Gasteiger partial charge is 0.166 e. The third kappa shape index (κ3) is 5.30. The average Bonchev–Trinajstić information content (AvgIpc) is 2.67. The van der Waals surface area contributed by atoms with E-state index in [4.69, 9.17) is 21.7 Å². The Morgan fingerprint density at radius 2 is 2.47 bits per heavy atom. The summed E-state index contributed by atoms with van der Waals surface area (Å²) in [5, 5.41) is 6.97. The minimum absolute atomic E-state index is 0.236. The van der Waals surface area contributed by atoms with Crippen molar-refractivity contribution in [3.8, 4) is 0 Å². The second-order valence-electron chi connectivity index (χ2n) is 3.85. The number of rotatable bonds is 5. The van der Waals surface area contributed by atoms with Gasteiger partial charge >= 0.3 is 0 Å². The first-order valence-corrected chi connectivity index (χ1v) is 5.78. The van der Waals surface area contributed by atoms with Crippen LogP contribution in [0.15, 0.2) is 0 Å². The van der Waals surface area contributed by atoms with Gasteiger partial charge in [-0.15, -0.1) is 0 Å². The third-order valence-corrected chi connectivity index (χ3v) is 2.57. The minimum Gasteiger partial charge on any atom is -0.383 e. The molecule has 2 N–H and O–H groups in total. The molecule has 0 radical (unpaired) electrons. The van der Waals surface area contributed by atoms with Gasteiger partial charge in [0.2, 0.25) is 0 Å². The van der Waals surface area contributed by atoms with Gasteiger partial charge in [0.15, 0.2) is 5.11 Å². The molecule has 0 aliphatic carbocycles. The normalized spacial score (nSPS) is 22.4. The lowest BCUT2D eigenvalue weighted by Crippen LogP contribution is -2.44. The summed E-state index contributed by atoms with van der Waals surface area (Å²) >= 11 is 5.15. The maximum Gasteiger partial charge on any atom is 0.166 e. The summed E-state index contributed by atoms with van der Waals surface area (Å²) in [4.78, 5) is 0. The molecule has 1 saturated heterocycles. The van der Waals surface area contributed by atoms with Crippen molar-refractivity contribution < 1.29 is 9.47 Å². The fourth-order valence-electron chi connectivity index (χ4n) is 1.58. The fraction of sp³-hybridized carbons (Fsp3) is 0.900. The summed E-state index contributed by atoms with van der Waals surface area (Å²) in [5.41, 5.74) is 0. The van der Waals surface area contributed by atoms with Crippen LogP contribution in [0.1, 0.15) is 19.8 Å². The molecule has 0 bridgehead atoms. The maximum atomic E-state index is 5.48. The van der Waals surface area contributed by atoms with Crippen molar-refractivity contribution in [1.29, 1.82) is 0 Å². The van der Waals surface area contributed by atoms with Crippen LogP contribution in [0.5, 0.6) is 0 Å². The largest absolute Gasteiger partial charge is 0.383 e. The monoisotopic (exact) mass is 232 g/mol. The van der Waals surface area contributed by atoms with Gasteiger partial charge in [0.1, 0.15) is 0 Å². The Morgan fingerprint density at radius 1 is 1.67 bits per heavy atom. The molecule has 5 heteroatoms. The highest BCUT2D eigenvalue weighted by Crippen LogP contribution is 2.10. The molecule has 0 aromatic heterocycles. The summed E-state index contributed by atoms with van der Waals surface area (Å²) in [6.07, 6.45) is 2.61. The lowest BCUT2D eigenvalue weighted by molar-refractivity contribution is 0.114. The fourth-order valence-corrected chi connectivity index (χ4v) is 1.86. The van der Waals surface area contributed by atoms with Crippen molar-refractivity contribution in [1.82, 2.24) is 10.6 Å². The number of hydrogen-bond donors (Lipinski definition) is 2. The quantitative estimate of drug-likeness (QED) is 0.682. The number of thiocarbonyl (C=S) groups is 1. The number of hydrogen-bond acceptors (Lipinski definition) is 3. The summed E-state index contributed by atoms with van der Waals surface area (Å²) in [5.74, 6) is 0. The summed E-state index contributed by atoms with van der Waals surface area (Å²) in [6, 6.07) is 0.236. The van der Waals surface area contributed by atoms with Crippen LogP contribution < -0.4 is 10.6 Å². The Kier molecular flexibility index (Phi) is 5.90. The second kappa shape index (κ2) is 6.98. The highest BCUT2D eigenvalue weighted by molar-refractivity contribution is 7.80. The molecule has 2 atom stereocenters. The van der Waals surface area contributed by atoms with E-state index in [1.165, 1.54) is 0 Å². The van der Waals surface area contributed by atoms with Crippen LogP contribution in [0.4, 0.5) is 0 Å². The summed E-state index contributed by atoms with van der Waals surface area (Å²) in [7, 11) is 1.68. The first kappa shape index (κ1) is 12.7. The minimum atomic E-state index is 0.236. The summed E-state index contributed by atoms with van der Waals surface area (Å²) in [6.45, 7) is 4.36. The first-order valence-electron chi connectivity index (χ1n) is 5.37. The van der Waals surface area contributed by atoms with Gasteiger partial charge in [0, 0.05) is 26.3 Å². The number of nitrogens with one attached hydrogen (secondary N) is 2. The number of methoxy groups -OCH3 is 1. The Bertz CT molecular complexity index is 196. The van der Waals surface area contributed by atoms with Crippen molar-refractivity contribution in [2.75, 3.05) is 26.9 Å². The van der Waals surface area contributed by atoms with Crippen LogP contribution in [0.2, 0.25) is 0 Å². The predicted molar refractivity (Wildman–Crippen MR) is 64.0 cm³/mol. The topological polar surface area (TPSA) is 42.5 Å². The molecule has 0 unspecified atom stereocenters. The van der Waals surface area contributed by atoms with E-state index in [9.17, 15) is 0 Å². The highest BCUT2D eigenvalue weighted by atomic mass is 32.1. The second-order valence-corrected chi connectivity index (χ2v) is 4.25. The molecular weight excluding hydrogens is 212 g/mol. The van der Waals surface area contributed by atoms with Gasteiger partial charge < -0.3 is 20.1 Å². The zero-order valence-corrected chi connectivity index (χ0v) is 10.2. The van der Waals surface area contributed by atoms with Crippen molar-refractivity contribution >= 4 is 17.3 Å². The van der Waals surface area contributed by atoms with Crippen molar-refractivity contribution in [2.24, 2.45) is 0 Å². The van der Waals surface area contributed by atoms with Crippen molar-refractivity contribution in [3.63, 3.8) is 0 Å². The van der Waals surface area contributed by atoms with Crippen LogP contribution in [0, 0.1) is 0 Å². The molecule has 0 aromatic carbocycles. The zero-order chi connectivity index (χ0) is 11.1. The van der Waals surface area contributed by atoms with E-state index in [0.717, 1.165) is 26.0 Å². The molecule has 88 valence electrons. The maximum absolute atomic E-state index is 5.48. The predicted octanol–water partition coefficient (Wildman–Crippen LogP) is 0.664. The van der Waals surface area contributed by atoms with Crippen LogP contribution in [-0.2, 0) is 9.47 Å². The Hall–Kier alpha value is -0.390. The lowest BCUT2D eigenvalue weighted by Gasteiger charge is -2.17.